The van der Waals surface area contributed by atoms with Crippen LogP contribution < -0.4 is 18.9 Å². The second kappa shape index (κ2) is 5.37. The summed E-state index contributed by atoms with van der Waals surface area (Å²) < 4.78 is 21.8. The van der Waals surface area contributed by atoms with Crippen LogP contribution in [0.1, 0.15) is 15.9 Å². The Balaban J connectivity index is 1.93. The molecule has 2 heterocycles. The predicted molar refractivity (Wildman–Crippen MR) is 92.9 cm³/mol. The van der Waals surface area contributed by atoms with Crippen molar-refractivity contribution < 1.29 is 28.8 Å². The summed E-state index contributed by atoms with van der Waals surface area (Å²) in [6, 6.07) is 11.1. The van der Waals surface area contributed by atoms with Gasteiger partial charge in [0.05, 0.1) is 19.3 Å². The maximum absolute atomic E-state index is 12.6. The molecular weight excluding hydrogens is 336 g/mol. The number of esters is 1. The van der Waals surface area contributed by atoms with Crippen LogP contribution in [0.4, 0.5) is 0 Å². The summed E-state index contributed by atoms with van der Waals surface area (Å²) in [5.74, 6) is 1.78. The summed E-state index contributed by atoms with van der Waals surface area (Å²) in [5.41, 5.74) is 2.34. The van der Waals surface area contributed by atoms with Gasteiger partial charge < -0.3 is 24.1 Å². The Kier molecular flexibility index (Phi) is 3.11. The number of methoxy groups -OCH3 is 1. The largest absolute Gasteiger partial charge is 0.497 e. The molecule has 6 nitrogen and oxygen atoms in total. The molecule has 1 N–H and O–H groups in total. The number of carbonyl (C=O) groups is 1. The maximum atomic E-state index is 12.6. The molecule has 130 valence electrons. The average molecular weight is 350 g/mol. The van der Waals surface area contributed by atoms with Crippen molar-refractivity contribution in [1.29, 1.82) is 0 Å². The van der Waals surface area contributed by atoms with Crippen LogP contribution >= 0.6 is 0 Å². The minimum atomic E-state index is -0.472. The Morgan fingerprint density at radius 3 is 2.58 bits per heavy atom. The molecule has 5 rings (SSSR count). The SMILES string of the molecule is COc1cccc(-c2c3c(CO)c(c4cc5c(cc24)OCO5)OC3=O)c1. The van der Waals surface area contributed by atoms with Gasteiger partial charge in [-0.1, -0.05) is 12.1 Å². The number of carbonyl (C=O) groups excluding carboxylic acids is 1. The molecule has 0 saturated heterocycles. The minimum Gasteiger partial charge on any atom is -0.497 e. The van der Waals surface area contributed by atoms with Crippen molar-refractivity contribution >= 4 is 16.7 Å². The zero-order valence-electron chi connectivity index (χ0n) is 13.9. The minimum absolute atomic E-state index is 0.148. The monoisotopic (exact) mass is 350 g/mol. The Morgan fingerprint density at radius 2 is 1.85 bits per heavy atom. The fraction of sp³-hybridized carbons (Fsp3) is 0.150. The van der Waals surface area contributed by atoms with Gasteiger partial charge in [0, 0.05) is 16.5 Å². The first-order valence-corrected chi connectivity index (χ1v) is 8.11. The van der Waals surface area contributed by atoms with E-state index in [-0.39, 0.29) is 13.4 Å². The third-order valence-corrected chi connectivity index (χ3v) is 4.77. The number of fused-ring (bicyclic) bond motifs is 5. The van der Waals surface area contributed by atoms with Crippen LogP contribution in [0.2, 0.25) is 0 Å². The van der Waals surface area contributed by atoms with E-state index in [1.807, 2.05) is 30.3 Å². The number of rotatable bonds is 3. The van der Waals surface area contributed by atoms with Gasteiger partial charge in [0.25, 0.3) is 0 Å². The molecule has 0 fully saturated rings. The van der Waals surface area contributed by atoms with Gasteiger partial charge in [-0.25, -0.2) is 4.79 Å². The lowest BCUT2D eigenvalue weighted by Gasteiger charge is -2.13. The molecule has 2 bridgehead atoms. The zero-order chi connectivity index (χ0) is 17.8. The van der Waals surface area contributed by atoms with E-state index >= 15 is 0 Å². The molecule has 0 aromatic heterocycles. The van der Waals surface area contributed by atoms with E-state index in [2.05, 4.69) is 0 Å². The molecule has 0 radical (unpaired) electrons. The summed E-state index contributed by atoms with van der Waals surface area (Å²) in [5, 5.41) is 11.4. The highest BCUT2D eigenvalue weighted by Gasteiger charge is 2.34. The Morgan fingerprint density at radius 1 is 1.08 bits per heavy atom. The summed E-state index contributed by atoms with van der Waals surface area (Å²) in [4.78, 5) is 12.6. The molecule has 0 unspecified atom stereocenters. The number of ether oxygens (including phenoxy) is 4. The highest BCUT2D eigenvalue weighted by atomic mass is 16.7. The van der Waals surface area contributed by atoms with Crippen LogP contribution in [0.25, 0.3) is 21.9 Å². The van der Waals surface area contributed by atoms with E-state index in [0.29, 0.717) is 45.1 Å². The first-order valence-electron chi connectivity index (χ1n) is 8.11. The molecule has 2 aliphatic rings. The molecular formula is C20H14O6. The van der Waals surface area contributed by atoms with Gasteiger partial charge in [-0.05, 0) is 35.2 Å². The zero-order valence-corrected chi connectivity index (χ0v) is 13.9. The summed E-state index contributed by atoms with van der Waals surface area (Å²) >= 11 is 0. The normalized spacial score (nSPS) is 14.0. The van der Waals surface area contributed by atoms with Crippen LogP contribution in [0.15, 0.2) is 36.4 Å². The summed E-state index contributed by atoms with van der Waals surface area (Å²) in [6.45, 7) is -0.146. The van der Waals surface area contributed by atoms with Crippen LogP contribution in [0.5, 0.6) is 23.0 Å². The Labute approximate surface area is 148 Å². The third-order valence-electron chi connectivity index (χ3n) is 4.77. The Bertz CT molecular complexity index is 1090. The van der Waals surface area contributed by atoms with Crippen LogP contribution in [-0.2, 0) is 6.61 Å². The summed E-state index contributed by atoms with van der Waals surface area (Å²) in [6.07, 6.45) is 0. The van der Waals surface area contributed by atoms with E-state index in [1.54, 1.807) is 13.2 Å². The van der Waals surface area contributed by atoms with Gasteiger partial charge in [-0.15, -0.1) is 0 Å². The molecule has 3 aromatic carbocycles. The quantitative estimate of drug-likeness (QED) is 0.731. The molecule has 0 saturated carbocycles. The van der Waals surface area contributed by atoms with Crippen LogP contribution in [0, 0.1) is 0 Å². The molecule has 0 atom stereocenters. The maximum Gasteiger partial charge on any atom is 0.344 e. The van der Waals surface area contributed by atoms with Crippen molar-refractivity contribution in [2.75, 3.05) is 13.9 Å². The van der Waals surface area contributed by atoms with Crippen molar-refractivity contribution in [2.24, 2.45) is 0 Å². The van der Waals surface area contributed by atoms with E-state index in [9.17, 15) is 9.90 Å². The van der Waals surface area contributed by atoms with Crippen molar-refractivity contribution in [2.45, 2.75) is 6.61 Å². The van der Waals surface area contributed by atoms with Gasteiger partial charge in [0.1, 0.15) is 11.5 Å². The molecule has 26 heavy (non-hydrogen) atoms. The van der Waals surface area contributed by atoms with E-state index in [4.69, 9.17) is 18.9 Å². The van der Waals surface area contributed by atoms with E-state index in [0.717, 1.165) is 10.9 Å². The van der Waals surface area contributed by atoms with Gasteiger partial charge in [0.2, 0.25) is 6.79 Å². The second-order valence-corrected chi connectivity index (χ2v) is 6.09. The van der Waals surface area contributed by atoms with Crippen molar-refractivity contribution in [3.63, 3.8) is 0 Å². The lowest BCUT2D eigenvalue weighted by molar-refractivity contribution is 0.0757. The molecule has 0 aliphatic carbocycles. The number of aliphatic hydroxyl groups is 1. The van der Waals surface area contributed by atoms with Gasteiger partial charge in [-0.3, -0.25) is 0 Å². The standard InChI is InChI=1S/C20H14O6/c1-23-11-4-2-3-10(5-11)17-12-6-15-16(25-9-24-15)7-13(12)19-14(8-21)18(17)20(22)26-19/h2-7,21H,8-9H2,1H3. The van der Waals surface area contributed by atoms with Gasteiger partial charge in [-0.2, -0.15) is 0 Å². The summed E-state index contributed by atoms with van der Waals surface area (Å²) in [7, 11) is 1.59. The highest BCUT2D eigenvalue weighted by Crippen LogP contribution is 2.49. The first kappa shape index (κ1) is 15.0. The van der Waals surface area contributed by atoms with Crippen molar-refractivity contribution in [3.05, 3.63) is 47.5 Å². The third kappa shape index (κ3) is 1.93. The average Bonchev–Trinajstić information content (AvgIpc) is 3.22. The predicted octanol–water partition coefficient (Wildman–Crippen LogP) is 3.27. The molecule has 6 heteroatoms. The lowest BCUT2D eigenvalue weighted by Crippen LogP contribution is -2.02. The fourth-order valence-corrected chi connectivity index (χ4v) is 3.61. The highest BCUT2D eigenvalue weighted by molar-refractivity contribution is 6.17. The fourth-order valence-electron chi connectivity index (χ4n) is 3.61. The van der Waals surface area contributed by atoms with Crippen molar-refractivity contribution in [1.82, 2.24) is 0 Å². The van der Waals surface area contributed by atoms with E-state index < -0.39 is 5.97 Å². The van der Waals surface area contributed by atoms with Gasteiger partial charge in [0.15, 0.2) is 11.5 Å². The lowest BCUT2D eigenvalue weighted by atomic mass is 9.90. The number of benzene rings is 3. The topological polar surface area (TPSA) is 74.2 Å². The van der Waals surface area contributed by atoms with Crippen LogP contribution in [-0.4, -0.2) is 25.0 Å². The molecule has 0 amide bonds. The number of hydrogen-bond donors (Lipinski definition) is 1. The molecule has 3 aromatic rings. The van der Waals surface area contributed by atoms with Crippen LogP contribution in [0.3, 0.4) is 0 Å². The van der Waals surface area contributed by atoms with E-state index in [1.165, 1.54) is 0 Å². The molecule has 0 spiro atoms. The number of aliphatic hydroxyl groups excluding tert-OH is 1. The van der Waals surface area contributed by atoms with Crippen molar-refractivity contribution in [3.8, 4) is 34.1 Å². The smallest absolute Gasteiger partial charge is 0.344 e. The number of hydrogen-bond acceptors (Lipinski definition) is 6. The molecule has 2 aliphatic heterocycles. The Hall–Kier alpha value is -3.25. The van der Waals surface area contributed by atoms with Gasteiger partial charge >= 0.3 is 5.97 Å². The second-order valence-electron chi connectivity index (χ2n) is 6.09. The first-order chi connectivity index (χ1) is 12.7.